The Morgan fingerprint density at radius 3 is 2.60 bits per heavy atom. The molecule has 3 nitrogen and oxygen atoms in total. The lowest BCUT2D eigenvalue weighted by Gasteiger charge is -2.14. The lowest BCUT2D eigenvalue weighted by atomic mass is 10.1. The van der Waals surface area contributed by atoms with Crippen molar-refractivity contribution in [1.82, 2.24) is 5.32 Å². The summed E-state index contributed by atoms with van der Waals surface area (Å²) in [5.74, 6) is 0.129. The molecule has 2 aromatic rings. The van der Waals surface area contributed by atoms with Gasteiger partial charge in [-0.2, -0.15) is 0 Å². The minimum Gasteiger partial charge on any atom is -0.508 e. The molecule has 1 amide bonds. The zero-order chi connectivity index (χ0) is 14.5. The Labute approximate surface area is 123 Å². The second-order valence-corrected chi connectivity index (χ2v) is 5.12. The summed E-state index contributed by atoms with van der Waals surface area (Å²) >= 11 is 5.93. The van der Waals surface area contributed by atoms with Crippen LogP contribution >= 0.6 is 11.6 Å². The van der Waals surface area contributed by atoms with E-state index in [4.69, 9.17) is 11.6 Å². The maximum absolute atomic E-state index is 12.0. The predicted molar refractivity (Wildman–Crippen MR) is 79.8 cm³/mol. The third kappa shape index (κ3) is 4.00. The lowest BCUT2D eigenvalue weighted by Crippen LogP contribution is -2.28. The largest absolute Gasteiger partial charge is 0.508 e. The third-order valence-electron chi connectivity index (χ3n) is 3.03. The van der Waals surface area contributed by atoms with E-state index in [0.29, 0.717) is 5.02 Å². The Kier molecular flexibility index (Phi) is 4.64. The van der Waals surface area contributed by atoms with Crippen molar-refractivity contribution in [1.29, 1.82) is 0 Å². The molecule has 1 unspecified atom stereocenters. The Bertz CT molecular complexity index is 596. The molecule has 0 aliphatic heterocycles. The van der Waals surface area contributed by atoms with Crippen LogP contribution in [0.4, 0.5) is 0 Å². The number of rotatable bonds is 4. The van der Waals surface area contributed by atoms with Crippen molar-refractivity contribution in [3.05, 3.63) is 64.7 Å². The molecule has 104 valence electrons. The molecule has 20 heavy (non-hydrogen) atoms. The second-order valence-electron chi connectivity index (χ2n) is 4.69. The topological polar surface area (TPSA) is 49.3 Å². The summed E-state index contributed by atoms with van der Waals surface area (Å²) in [5.41, 5.74) is 1.83. The minimum absolute atomic E-state index is 0.0665. The number of carbonyl (C=O) groups is 1. The number of nitrogens with one attached hydrogen (secondary N) is 1. The van der Waals surface area contributed by atoms with Crippen LogP contribution in [0.25, 0.3) is 0 Å². The highest BCUT2D eigenvalue weighted by molar-refractivity contribution is 6.30. The summed E-state index contributed by atoms with van der Waals surface area (Å²) in [4.78, 5) is 12.0. The Balaban J connectivity index is 1.95. The van der Waals surface area contributed by atoms with Gasteiger partial charge in [0.05, 0.1) is 12.5 Å². The van der Waals surface area contributed by atoms with Gasteiger partial charge in [-0.3, -0.25) is 4.79 Å². The quantitative estimate of drug-likeness (QED) is 0.905. The van der Waals surface area contributed by atoms with Gasteiger partial charge in [0.1, 0.15) is 5.75 Å². The number of amides is 1. The van der Waals surface area contributed by atoms with Crippen molar-refractivity contribution < 1.29 is 9.90 Å². The molecule has 2 aromatic carbocycles. The third-order valence-corrected chi connectivity index (χ3v) is 3.26. The van der Waals surface area contributed by atoms with Crippen LogP contribution in [0.1, 0.15) is 24.1 Å². The summed E-state index contributed by atoms with van der Waals surface area (Å²) in [6, 6.07) is 13.9. The van der Waals surface area contributed by atoms with Crippen molar-refractivity contribution in [3.8, 4) is 5.75 Å². The Morgan fingerprint density at radius 2 is 1.95 bits per heavy atom. The molecule has 1 atom stereocenters. The van der Waals surface area contributed by atoms with Crippen molar-refractivity contribution in [2.75, 3.05) is 0 Å². The molecular weight excluding hydrogens is 274 g/mol. The number of halogens is 1. The number of hydrogen-bond donors (Lipinski definition) is 2. The molecule has 0 spiro atoms. The smallest absolute Gasteiger partial charge is 0.224 e. The van der Waals surface area contributed by atoms with Crippen LogP contribution in [-0.4, -0.2) is 11.0 Å². The highest BCUT2D eigenvalue weighted by Crippen LogP contribution is 2.17. The molecule has 0 fully saturated rings. The molecule has 4 heteroatoms. The van der Waals surface area contributed by atoms with E-state index in [1.54, 1.807) is 30.3 Å². The average molecular weight is 290 g/mol. The van der Waals surface area contributed by atoms with Gasteiger partial charge in [-0.05, 0) is 42.3 Å². The Morgan fingerprint density at radius 1 is 1.25 bits per heavy atom. The SMILES string of the molecule is CC(NC(=O)Cc1ccc(O)cc1)c1cccc(Cl)c1. The zero-order valence-corrected chi connectivity index (χ0v) is 11.9. The van der Waals surface area contributed by atoms with Crippen LogP contribution in [0.15, 0.2) is 48.5 Å². The maximum atomic E-state index is 12.0. The van der Waals surface area contributed by atoms with E-state index in [1.165, 1.54) is 0 Å². The van der Waals surface area contributed by atoms with Crippen molar-refractivity contribution in [3.63, 3.8) is 0 Å². The summed E-state index contributed by atoms with van der Waals surface area (Å²) in [5, 5.41) is 12.8. The van der Waals surface area contributed by atoms with E-state index in [9.17, 15) is 9.90 Å². The summed E-state index contributed by atoms with van der Waals surface area (Å²) in [6.45, 7) is 1.92. The van der Waals surface area contributed by atoms with Gasteiger partial charge in [0.2, 0.25) is 5.91 Å². The minimum atomic E-state index is -0.0988. The van der Waals surface area contributed by atoms with E-state index in [0.717, 1.165) is 11.1 Å². The molecule has 2 N–H and O–H groups in total. The van der Waals surface area contributed by atoms with E-state index >= 15 is 0 Å². The van der Waals surface area contributed by atoms with Gasteiger partial charge in [0.15, 0.2) is 0 Å². The van der Waals surface area contributed by atoms with Gasteiger partial charge in [-0.1, -0.05) is 35.9 Å². The fourth-order valence-electron chi connectivity index (χ4n) is 1.95. The highest BCUT2D eigenvalue weighted by Gasteiger charge is 2.10. The fourth-order valence-corrected chi connectivity index (χ4v) is 2.15. The van der Waals surface area contributed by atoms with Crippen molar-refractivity contribution in [2.45, 2.75) is 19.4 Å². The first kappa shape index (κ1) is 14.4. The normalized spacial score (nSPS) is 11.9. The first-order chi connectivity index (χ1) is 9.54. The van der Waals surface area contributed by atoms with Crippen molar-refractivity contribution in [2.24, 2.45) is 0 Å². The molecule has 0 aromatic heterocycles. The van der Waals surface area contributed by atoms with Gasteiger partial charge in [0, 0.05) is 5.02 Å². The average Bonchev–Trinajstić information content (AvgIpc) is 2.41. The molecule has 0 saturated carbocycles. The standard InChI is InChI=1S/C16H16ClNO2/c1-11(13-3-2-4-14(17)10-13)18-16(20)9-12-5-7-15(19)8-6-12/h2-8,10-11,19H,9H2,1H3,(H,18,20). The maximum Gasteiger partial charge on any atom is 0.224 e. The van der Waals surface area contributed by atoms with Gasteiger partial charge < -0.3 is 10.4 Å². The first-order valence-electron chi connectivity index (χ1n) is 6.37. The summed E-state index contributed by atoms with van der Waals surface area (Å²) < 4.78 is 0. The van der Waals surface area contributed by atoms with Gasteiger partial charge in [0.25, 0.3) is 0 Å². The predicted octanol–water partition coefficient (Wildman–Crippen LogP) is 3.47. The summed E-state index contributed by atoms with van der Waals surface area (Å²) in [7, 11) is 0. The number of aromatic hydroxyl groups is 1. The molecule has 0 aliphatic carbocycles. The van der Waals surface area contributed by atoms with Crippen LogP contribution < -0.4 is 5.32 Å². The molecule has 0 heterocycles. The van der Waals surface area contributed by atoms with E-state index < -0.39 is 0 Å². The molecular formula is C16H16ClNO2. The number of phenols is 1. The van der Waals surface area contributed by atoms with Crippen LogP contribution in [0.5, 0.6) is 5.75 Å². The zero-order valence-electron chi connectivity index (χ0n) is 11.1. The highest BCUT2D eigenvalue weighted by atomic mass is 35.5. The fraction of sp³-hybridized carbons (Fsp3) is 0.188. The number of benzene rings is 2. The molecule has 0 saturated heterocycles. The monoisotopic (exact) mass is 289 g/mol. The van der Waals surface area contributed by atoms with Gasteiger partial charge in [-0.15, -0.1) is 0 Å². The molecule has 0 aliphatic rings. The summed E-state index contributed by atoms with van der Waals surface area (Å²) in [6.07, 6.45) is 0.283. The van der Waals surface area contributed by atoms with Crippen LogP contribution in [0, 0.1) is 0 Å². The van der Waals surface area contributed by atoms with Gasteiger partial charge >= 0.3 is 0 Å². The van der Waals surface area contributed by atoms with E-state index in [1.807, 2.05) is 25.1 Å². The van der Waals surface area contributed by atoms with Crippen LogP contribution in [0.3, 0.4) is 0 Å². The van der Waals surface area contributed by atoms with Crippen LogP contribution in [-0.2, 0) is 11.2 Å². The Hall–Kier alpha value is -2.00. The van der Waals surface area contributed by atoms with Crippen LogP contribution in [0.2, 0.25) is 5.02 Å². The van der Waals surface area contributed by atoms with Gasteiger partial charge in [-0.25, -0.2) is 0 Å². The number of carbonyl (C=O) groups excluding carboxylic acids is 1. The lowest BCUT2D eigenvalue weighted by molar-refractivity contribution is -0.121. The number of hydrogen-bond acceptors (Lipinski definition) is 2. The molecule has 0 bridgehead atoms. The second kappa shape index (κ2) is 6.44. The first-order valence-corrected chi connectivity index (χ1v) is 6.75. The van der Waals surface area contributed by atoms with E-state index in [2.05, 4.69) is 5.32 Å². The van der Waals surface area contributed by atoms with Crippen molar-refractivity contribution >= 4 is 17.5 Å². The number of phenolic OH excluding ortho intramolecular Hbond substituents is 1. The molecule has 2 rings (SSSR count). The molecule has 0 radical (unpaired) electrons. The van der Waals surface area contributed by atoms with E-state index in [-0.39, 0.29) is 24.1 Å².